The van der Waals surface area contributed by atoms with Crippen LogP contribution in [0.3, 0.4) is 0 Å². The number of amides is 2. The lowest BCUT2D eigenvalue weighted by Gasteiger charge is -2.22. The largest absolute Gasteiger partial charge is 0.385 e. The molecule has 0 saturated carbocycles. The number of aryl methyl sites for hydroxylation is 1. The van der Waals surface area contributed by atoms with E-state index in [0.717, 1.165) is 24.1 Å². The summed E-state index contributed by atoms with van der Waals surface area (Å²) in [5, 5.41) is 6.01. The number of hydrogen-bond acceptors (Lipinski definition) is 4. The van der Waals surface area contributed by atoms with Crippen molar-refractivity contribution in [1.82, 2.24) is 15.5 Å². The van der Waals surface area contributed by atoms with Crippen LogP contribution >= 0.6 is 0 Å². The van der Waals surface area contributed by atoms with E-state index in [4.69, 9.17) is 4.74 Å². The van der Waals surface area contributed by atoms with Crippen LogP contribution in [0.25, 0.3) is 0 Å². The maximum absolute atomic E-state index is 12.4. The molecule has 0 bridgehead atoms. The molecule has 144 valence electrons. The number of ether oxygens (including phenoxy) is 1. The third-order valence-electron chi connectivity index (χ3n) is 4.83. The van der Waals surface area contributed by atoms with Crippen LogP contribution in [0.4, 0.5) is 0 Å². The Morgan fingerprint density at radius 1 is 1.31 bits per heavy atom. The number of nitrogens with one attached hydrogen (secondary N) is 2. The van der Waals surface area contributed by atoms with Gasteiger partial charge >= 0.3 is 0 Å². The second-order valence-electron chi connectivity index (χ2n) is 6.86. The van der Waals surface area contributed by atoms with Gasteiger partial charge in [-0.25, -0.2) is 0 Å². The molecule has 1 fully saturated rings. The van der Waals surface area contributed by atoms with Crippen molar-refractivity contribution >= 4 is 11.8 Å². The average Bonchev–Trinajstić information content (AvgIpc) is 3.00. The molecule has 1 aromatic rings. The zero-order chi connectivity index (χ0) is 18.9. The first-order valence-electron chi connectivity index (χ1n) is 9.39. The molecule has 1 aliphatic heterocycles. The normalized spacial score (nSPS) is 20.1. The fourth-order valence-corrected chi connectivity index (χ4v) is 3.49. The Labute approximate surface area is 156 Å². The van der Waals surface area contributed by atoms with Crippen molar-refractivity contribution in [2.45, 2.75) is 45.2 Å². The van der Waals surface area contributed by atoms with E-state index in [1.807, 2.05) is 38.1 Å². The van der Waals surface area contributed by atoms with E-state index in [9.17, 15) is 9.59 Å². The van der Waals surface area contributed by atoms with Crippen molar-refractivity contribution in [1.29, 1.82) is 0 Å². The quantitative estimate of drug-likeness (QED) is 0.650. The number of rotatable bonds is 9. The number of methoxy groups -OCH3 is 1. The molecule has 1 aliphatic rings. The number of benzene rings is 1. The van der Waals surface area contributed by atoms with Gasteiger partial charge in [0.05, 0.1) is 12.5 Å². The minimum absolute atomic E-state index is 0.00155. The summed E-state index contributed by atoms with van der Waals surface area (Å²) >= 11 is 0. The summed E-state index contributed by atoms with van der Waals surface area (Å²) in [5.41, 5.74) is 2.16. The van der Waals surface area contributed by atoms with Crippen LogP contribution in [0.5, 0.6) is 0 Å². The van der Waals surface area contributed by atoms with E-state index < -0.39 is 0 Å². The van der Waals surface area contributed by atoms with Crippen LogP contribution in [-0.4, -0.2) is 62.1 Å². The van der Waals surface area contributed by atoms with Gasteiger partial charge in [0.25, 0.3) is 0 Å². The lowest BCUT2D eigenvalue weighted by Crippen LogP contribution is -2.43. The highest BCUT2D eigenvalue weighted by Crippen LogP contribution is 2.19. The predicted octanol–water partition coefficient (Wildman–Crippen LogP) is 1.27. The highest BCUT2D eigenvalue weighted by molar-refractivity contribution is 5.83. The van der Waals surface area contributed by atoms with Gasteiger partial charge in [0.2, 0.25) is 11.8 Å². The summed E-state index contributed by atoms with van der Waals surface area (Å²) in [7, 11) is 1.68. The molecule has 0 aromatic heterocycles. The number of carbonyl (C=O) groups is 2. The Bertz CT molecular complexity index is 606. The predicted molar refractivity (Wildman–Crippen MR) is 102 cm³/mol. The van der Waals surface area contributed by atoms with Gasteiger partial charge in [0, 0.05) is 39.4 Å². The van der Waals surface area contributed by atoms with Crippen molar-refractivity contribution in [3.63, 3.8) is 0 Å². The standard InChI is InChI=1S/C20H31N3O3/c1-4-21-20(25)18-13-17(14-23(18)10-7-11-26-3)22-19(24)12-16-9-6-5-8-15(16)2/h5-6,8-9,17-18H,4,7,10-14H2,1-3H3,(H,21,25)(H,22,24)/t17-,18-/m0/s1. The average molecular weight is 361 g/mol. The highest BCUT2D eigenvalue weighted by atomic mass is 16.5. The Balaban J connectivity index is 1.93. The molecular weight excluding hydrogens is 330 g/mol. The zero-order valence-corrected chi connectivity index (χ0v) is 16.1. The van der Waals surface area contributed by atoms with Gasteiger partial charge < -0.3 is 15.4 Å². The van der Waals surface area contributed by atoms with Crippen molar-refractivity contribution in [3.05, 3.63) is 35.4 Å². The Morgan fingerprint density at radius 2 is 2.08 bits per heavy atom. The first-order valence-corrected chi connectivity index (χ1v) is 9.39. The molecule has 0 unspecified atom stereocenters. The lowest BCUT2D eigenvalue weighted by atomic mass is 10.1. The molecule has 2 rings (SSSR count). The van der Waals surface area contributed by atoms with Gasteiger partial charge in [0.1, 0.15) is 0 Å². The maximum Gasteiger partial charge on any atom is 0.237 e. The van der Waals surface area contributed by atoms with Gasteiger partial charge in [-0.3, -0.25) is 14.5 Å². The molecular formula is C20H31N3O3. The summed E-state index contributed by atoms with van der Waals surface area (Å²) in [4.78, 5) is 27.0. The van der Waals surface area contributed by atoms with Crippen molar-refractivity contribution in [2.75, 3.05) is 33.4 Å². The third kappa shape index (κ3) is 5.81. The van der Waals surface area contributed by atoms with Crippen LogP contribution in [0, 0.1) is 6.92 Å². The third-order valence-corrected chi connectivity index (χ3v) is 4.83. The molecule has 1 aromatic carbocycles. The molecule has 6 nitrogen and oxygen atoms in total. The second-order valence-corrected chi connectivity index (χ2v) is 6.86. The minimum atomic E-state index is -0.185. The monoisotopic (exact) mass is 361 g/mol. The van der Waals surface area contributed by atoms with Crippen molar-refractivity contribution < 1.29 is 14.3 Å². The molecule has 2 N–H and O–H groups in total. The molecule has 0 aliphatic carbocycles. The summed E-state index contributed by atoms with van der Waals surface area (Å²) in [6.07, 6.45) is 1.90. The van der Waals surface area contributed by atoms with Gasteiger partial charge in [0.15, 0.2) is 0 Å². The molecule has 2 amide bonds. The number of nitrogens with zero attached hydrogens (tertiary/aromatic N) is 1. The Morgan fingerprint density at radius 3 is 2.77 bits per heavy atom. The molecule has 2 atom stereocenters. The SMILES string of the molecule is CCNC(=O)[C@@H]1C[C@H](NC(=O)Cc2ccccc2C)CN1CCCOC. The Hall–Kier alpha value is -1.92. The number of hydrogen-bond donors (Lipinski definition) is 2. The number of likely N-dealkylation sites (tertiary alicyclic amines) is 1. The molecule has 0 radical (unpaired) electrons. The fraction of sp³-hybridized carbons (Fsp3) is 0.600. The summed E-state index contributed by atoms with van der Waals surface area (Å²) in [6.45, 7) is 6.71. The number of carbonyl (C=O) groups excluding carboxylic acids is 2. The van der Waals surface area contributed by atoms with Crippen molar-refractivity contribution in [2.24, 2.45) is 0 Å². The second kappa shape index (κ2) is 10.3. The molecule has 1 heterocycles. The first-order chi connectivity index (χ1) is 12.5. The Kier molecular flexibility index (Phi) is 8.06. The van der Waals surface area contributed by atoms with Crippen molar-refractivity contribution in [3.8, 4) is 0 Å². The zero-order valence-electron chi connectivity index (χ0n) is 16.1. The van der Waals surface area contributed by atoms with E-state index in [1.54, 1.807) is 7.11 Å². The summed E-state index contributed by atoms with van der Waals surface area (Å²) < 4.78 is 5.12. The fourth-order valence-electron chi connectivity index (χ4n) is 3.49. The first kappa shape index (κ1) is 20.4. The van der Waals surface area contributed by atoms with Crippen LogP contribution in [-0.2, 0) is 20.7 Å². The van der Waals surface area contributed by atoms with Crippen LogP contribution in [0.2, 0.25) is 0 Å². The van der Waals surface area contributed by atoms with E-state index in [0.29, 0.717) is 32.5 Å². The lowest BCUT2D eigenvalue weighted by molar-refractivity contribution is -0.125. The van der Waals surface area contributed by atoms with E-state index >= 15 is 0 Å². The van der Waals surface area contributed by atoms with Crippen LogP contribution in [0.1, 0.15) is 30.9 Å². The molecule has 26 heavy (non-hydrogen) atoms. The van der Waals surface area contributed by atoms with Crippen LogP contribution < -0.4 is 10.6 Å². The maximum atomic E-state index is 12.4. The van der Waals surface area contributed by atoms with Gasteiger partial charge in [-0.05, 0) is 37.8 Å². The smallest absolute Gasteiger partial charge is 0.237 e. The summed E-state index contributed by atoms with van der Waals surface area (Å²) in [5.74, 6) is 0.0539. The minimum Gasteiger partial charge on any atom is -0.385 e. The molecule has 1 saturated heterocycles. The topological polar surface area (TPSA) is 70.7 Å². The van der Waals surface area contributed by atoms with Crippen LogP contribution in [0.15, 0.2) is 24.3 Å². The van der Waals surface area contributed by atoms with Gasteiger partial charge in [-0.1, -0.05) is 24.3 Å². The van der Waals surface area contributed by atoms with Gasteiger partial charge in [-0.2, -0.15) is 0 Å². The van der Waals surface area contributed by atoms with E-state index in [-0.39, 0.29) is 23.9 Å². The molecule has 6 heteroatoms. The molecule has 0 spiro atoms. The number of likely N-dealkylation sites (N-methyl/N-ethyl adjacent to an activating group) is 1. The van der Waals surface area contributed by atoms with E-state index in [1.165, 1.54) is 0 Å². The van der Waals surface area contributed by atoms with Gasteiger partial charge in [-0.15, -0.1) is 0 Å². The van der Waals surface area contributed by atoms with E-state index in [2.05, 4.69) is 15.5 Å². The highest BCUT2D eigenvalue weighted by Gasteiger charge is 2.36. The summed E-state index contributed by atoms with van der Waals surface area (Å²) in [6, 6.07) is 7.74.